The van der Waals surface area contributed by atoms with Crippen LogP contribution in [0.5, 0.6) is 0 Å². The minimum Gasteiger partial charge on any atom is -0.481 e. The Hall–Kier alpha value is -0.900. The lowest BCUT2D eigenvalue weighted by atomic mass is 9.77. The van der Waals surface area contributed by atoms with Crippen LogP contribution in [0.3, 0.4) is 0 Å². The number of halogens is 3. The van der Waals surface area contributed by atoms with Crippen molar-refractivity contribution in [3.05, 3.63) is 0 Å². The second-order valence-electron chi connectivity index (χ2n) is 12.0. The van der Waals surface area contributed by atoms with Gasteiger partial charge in [0.15, 0.2) is 0 Å². The van der Waals surface area contributed by atoms with Crippen LogP contribution in [-0.2, 0) is 4.79 Å². The molecule has 4 atom stereocenters. The van der Waals surface area contributed by atoms with Crippen LogP contribution in [-0.4, -0.2) is 71.7 Å². The molecule has 0 radical (unpaired) electrons. The summed E-state index contributed by atoms with van der Waals surface area (Å²) in [7, 11) is 0. The molecule has 2 aliphatic carbocycles. The molecule has 6 nitrogen and oxygen atoms in total. The third kappa shape index (κ3) is 5.83. The standard InChI is InChI=1S/C26H43F3N4O2/c27-26(28,29)20-9-7-19(8-10-20)22-2-1-12-33(22)25-21-11-13-32(24(21)30-16-31-25)15-18-5-3-17(4-6-18)14-23(34)35/h17-22,24-25,30-31H,1-16H2,(H,34,35). The highest BCUT2D eigenvalue weighted by molar-refractivity contribution is 5.67. The molecule has 9 heteroatoms. The van der Waals surface area contributed by atoms with Crippen molar-refractivity contribution in [3.8, 4) is 0 Å². The Morgan fingerprint density at radius 2 is 1.54 bits per heavy atom. The molecule has 35 heavy (non-hydrogen) atoms. The first-order valence-electron chi connectivity index (χ1n) is 14.0. The van der Waals surface area contributed by atoms with Crippen LogP contribution in [0.25, 0.3) is 0 Å². The first-order valence-corrected chi connectivity index (χ1v) is 14.0. The number of nitrogens with zero attached hydrogens (tertiary/aromatic N) is 2. The molecule has 200 valence electrons. The molecular formula is C26H43F3N4O2. The molecule has 5 aliphatic rings. The zero-order valence-corrected chi connectivity index (χ0v) is 20.8. The van der Waals surface area contributed by atoms with E-state index in [9.17, 15) is 18.0 Å². The number of aliphatic carboxylic acids is 1. The quantitative estimate of drug-likeness (QED) is 0.507. The lowest BCUT2D eigenvalue weighted by molar-refractivity contribution is -0.185. The van der Waals surface area contributed by atoms with Crippen molar-refractivity contribution in [2.45, 2.75) is 102 Å². The van der Waals surface area contributed by atoms with E-state index in [0.29, 0.717) is 74.1 Å². The molecule has 4 unspecified atom stereocenters. The summed E-state index contributed by atoms with van der Waals surface area (Å²) in [4.78, 5) is 16.3. The van der Waals surface area contributed by atoms with Gasteiger partial charge in [-0.1, -0.05) is 0 Å². The number of nitrogens with one attached hydrogen (secondary N) is 2. The number of carboxylic acid groups (broad SMARTS) is 1. The molecule has 0 aromatic rings. The average Bonchev–Trinajstić information content (AvgIpc) is 3.47. The van der Waals surface area contributed by atoms with Gasteiger partial charge in [0, 0.05) is 44.7 Å². The Labute approximate surface area is 207 Å². The summed E-state index contributed by atoms with van der Waals surface area (Å²) in [5, 5.41) is 16.5. The van der Waals surface area contributed by atoms with E-state index in [1.807, 2.05) is 0 Å². The Kier molecular flexibility index (Phi) is 7.97. The molecule has 3 N–H and O–H groups in total. The smallest absolute Gasteiger partial charge is 0.391 e. The normalized spacial score (nSPS) is 41.7. The Morgan fingerprint density at radius 3 is 2.23 bits per heavy atom. The number of alkyl halides is 3. The van der Waals surface area contributed by atoms with Crippen LogP contribution in [0.1, 0.15) is 77.0 Å². The fourth-order valence-electron chi connectivity index (χ4n) is 8.18. The molecule has 0 aromatic heterocycles. The van der Waals surface area contributed by atoms with Crippen molar-refractivity contribution in [3.63, 3.8) is 0 Å². The number of fused-ring (bicyclic) bond motifs is 1. The molecule has 0 amide bonds. The van der Waals surface area contributed by atoms with Gasteiger partial charge in [0.2, 0.25) is 0 Å². The van der Waals surface area contributed by atoms with E-state index in [1.165, 1.54) is 0 Å². The molecule has 0 spiro atoms. The maximum absolute atomic E-state index is 13.2. The van der Waals surface area contributed by atoms with Crippen LogP contribution < -0.4 is 10.6 Å². The number of hydrogen-bond donors (Lipinski definition) is 3. The third-order valence-electron chi connectivity index (χ3n) is 9.98. The summed E-state index contributed by atoms with van der Waals surface area (Å²) in [6, 6.07) is 0.416. The monoisotopic (exact) mass is 500 g/mol. The van der Waals surface area contributed by atoms with Crippen molar-refractivity contribution in [2.75, 3.05) is 26.3 Å². The highest BCUT2D eigenvalue weighted by atomic mass is 19.4. The van der Waals surface area contributed by atoms with E-state index in [1.54, 1.807) is 0 Å². The highest BCUT2D eigenvalue weighted by Gasteiger charge is 2.49. The van der Waals surface area contributed by atoms with Gasteiger partial charge in [0.1, 0.15) is 0 Å². The Morgan fingerprint density at radius 1 is 0.857 bits per heavy atom. The Bertz CT molecular complexity index is 722. The Balaban J connectivity index is 1.15. The predicted molar refractivity (Wildman–Crippen MR) is 127 cm³/mol. The van der Waals surface area contributed by atoms with E-state index in [2.05, 4.69) is 20.4 Å². The van der Waals surface area contributed by atoms with Gasteiger partial charge >= 0.3 is 12.1 Å². The summed E-state index contributed by atoms with van der Waals surface area (Å²) in [5.74, 6) is 0.114. The molecule has 3 aliphatic heterocycles. The molecule has 2 saturated carbocycles. The number of likely N-dealkylation sites (tertiary alicyclic amines) is 2. The van der Waals surface area contributed by atoms with Crippen molar-refractivity contribution in [1.82, 2.24) is 20.4 Å². The highest BCUT2D eigenvalue weighted by Crippen LogP contribution is 2.44. The molecule has 3 heterocycles. The minimum absolute atomic E-state index is 0.298. The van der Waals surface area contributed by atoms with Gasteiger partial charge in [0.25, 0.3) is 0 Å². The number of carbonyl (C=O) groups is 1. The fraction of sp³-hybridized carbons (Fsp3) is 0.962. The third-order valence-corrected chi connectivity index (χ3v) is 9.98. The first kappa shape index (κ1) is 25.7. The molecule has 0 bridgehead atoms. The van der Waals surface area contributed by atoms with Crippen LogP contribution in [0.4, 0.5) is 13.2 Å². The van der Waals surface area contributed by atoms with Gasteiger partial charge in [-0.05, 0) is 88.4 Å². The summed E-state index contributed by atoms with van der Waals surface area (Å²) in [6.45, 7) is 4.01. The number of hydrogen-bond acceptors (Lipinski definition) is 5. The number of rotatable bonds is 6. The van der Waals surface area contributed by atoms with E-state index in [-0.39, 0.29) is 0 Å². The van der Waals surface area contributed by atoms with Crippen LogP contribution >= 0.6 is 0 Å². The summed E-state index contributed by atoms with van der Waals surface area (Å²) >= 11 is 0. The minimum atomic E-state index is -4.03. The van der Waals surface area contributed by atoms with Gasteiger partial charge in [-0.3, -0.25) is 25.2 Å². The number of carboxylic acids is 1. The SMILES string of the molecule is O=C(O)CC1CCC(CN2CCC3C2NCNC3N2CCCC2C2CCC(C(F)(F)F)CC2)CC1. The maximum atomic E-state index is 13.2. The second kappa shape index (κ2) is 10.8. The van der Waals surface area contributed by atoms with Crippen LogP contribution in [0.2, 0.25) is 0 Å². The topological polar surface area (TPSA) is 67.8 Å². The van der Waals surface area contributed by atoms with Crippen molar-refractivity contribution >= 4 is 5.97 Å². The molecule has 5 rings (SSSR count). The van der Waals surface area contributed by atoms with Crippen LogP contribution in [0.15, 0.2) is 0 Å². The second-order valence-corrected chi connectivity index (χ2v) is 12.0. The molecule has 0 aromatic carbocycles. The van der Waals surface area contributed by atoms with E-state index in [0.717, 1.165) is 71.2 Å². The van der Waals surface area contributed by atoms with E-state index in [4.69, 9.17) is 5.11 Å². The van der Waals surface area contributed by atoms with E-state index >= 15 is 0 Å². The van der Waals surface area contributed by atoms with Crippen molar-refractivity contribution < 1.29 is 23.1 Å². The summed E-state index contributed by atoms with van der Waals surface area (Å²) in [6.07, 6.45) is 6.69. The lowest BCUT2D eigenvalue weighted by Gasteiger charge is -2.47. The van der Waals surface area contributed by atoms with Crippen molar-refractivity contribution in [2.24, 2.45) is 29.6 Å². The molecule has 3 saturated heterocycles. The lowest BCUT2D eigenvalue weighted by Crippen LogP contribution is -2.66. The predicted octanol–water partition coefficient (Wildman–Crippen LogP) is 4.23. The first-order chi connectivity index (χ1) is 16.8. The zero-order chi connectivity index (χ0) is 24.6. The van der Waals surface area contributed by atoms with E-state index < -0.39 is 18.1 Å². The molecular weight excluding hydrogens is 457 g/mol. The summed E-state index contributed by atoms with van der Waals surface area (Å²) < 4.78 is 39.5. The van der Waals surface area contributed by atoms with Crippen molar-refractivity contribution in [1.29, 1.82) is 0 Å². The largest absolute Gasteiger partial charge is 0.481 e. The van der Waals surface area contributed by atoms with Gasteiger partial charge < -0.3 is 5.11 Å². The molecule has 5 fully saturated rings. The van der Waals surface area contributed by atoms with Crippen LogP contribution in [0, 0.1) is 29.6 Å². The average molecular weight is 501 g/mol. The van der Waals surface area contributed by atoms with Gasteiger partial charge in [-0.25, -0.2) is 0 Å². The maximum Gasteiger partial charge on any atom is 0.391 e. The van der Waals surface area contributed by atoms with Gasteiger partial charge in [-0.15, -0.1) is 0 Å². The van der Waals surface area contributed by atoms with Gasteiger partial charge in [-0.2, -0.15) is 13.2 Å². The summed E-state index contributed by atoms with van der Waals surface area (Å²) in [5.41, 5.74) is 0. The zero-order valence-electron chi connectivity index (χ0n) is 20.8. The fourth-order valence-corrected chi connectivity index (χ4v) is 8.18. The van der Waals surface area contributed by atoms with Gasteiger partial charge in [0.05, 0.1) is 18.2 Å².